The fourth-order valence-electron chi connectivity index (χ4n) is 0.351. The van der Waals surface area contributed by atoms with E-state index in [0.717, 1.165) is 6.92 Å². The minimum atomic E-state index is -0.905. The standard InChI is InChI=1S/C7H9NO3/c1-3-4-11-7(10)6(8)5(2)9/h3,8H,1,4H2,2H3. The lowest BCUT2D eigenvalue weighted by molar-refractivity contribution is -0.135. The fourth-order valence-corrected chi connectivity index (χ4v) is 0.351. The molecule has 0 aromatic heterocycles. The quantitative estimate of drug-likeness (QED) is 0.275. The van der Waals surface area contributed by atoms with E-state index in [1.807, 2.05) is 0 Å². The van der Waals surface area contributed by atoms with Gasteiger partial charge in [-0.2, -0.15) is 0 Å². The minimum Gasteiger partial charge on any atom is -0.457 e. The number of hydrogen-bond acceptors (Lipinski definition) is 4. The summed E-state index contributed by atoms with van der Waals surface area (Å²) in [6, 6.07) is 0. The predicted octanol–water partition coefficient (Wildman–Crippen LogP) is 0.324. The first-order chi connectivity index (χ1) is 5.09. The maximum Gasteiger partial charge on any atom is 0.360 e. The van der Waals surface area contributed by atoms with Gasteiger partial charge in [0.05, 0.1) is 0 Å². The monoisotopic (exact) mass is 155 g/mol. The van der Waals surface area contributed by atoms with E-state index in [0.29, 0.717) is 0 Å². The van der Waals surface area contributed by atoms with Gasteiger partial charge in [0.2, 0.25) is 0 Å². The molecule has 0 fully saturated rings. The molecule has 0 aliphatic rings. The molecule has 11 heavy (non-hydrogen) atoms. The van der Waals surface area contributed by atoms with Crippen LogP contribution in [0.5, 0.6) is 0 Å². The fraction of sp³-hybridized carbons (Fsp3) is 0.286. The van der Waals surface area contributed by atoms with Crippen LogP contribution in [0.3, 0.4) is 0 Å². The lowest BCUT2D eigenvalue weighted by Gasteiger charge is -1.98. The van der Waals surface area contributed by atoms with Gasteiger partial charge < -0.3 is 4.74 Å². The number of carbonyl (C=O) groups is 2. The van der Waals surface area contributed by atoms with E-state index in [9.17, 15) is 9.59 Å². The van der Waals surface area contributed by atoms with Gasteiger partial charge in [0.15, 0.2) is 11.5 Å². The zero-order chi connectivity index (χ0) is 8.85. The first kappa shape index (κ1) is 9.55. The van der Waals surface area contributed by atoms with Gasteiger partial charge in [-0.1, -0.05) is 12.7 Å². The van der Waals surface area contributed by atoms with Crippen LogP contribution >= 0.6 is 0 Å². The molecule has 0 heterocycles. The number of rotatable bonds is 4. The number of ketones is 1. The SMILES string of the molecule is C=CCOC(=O)C(=N)C(C)=O. The third-order valence-corrected chi connectivity index (χ3v) is 0.888. The van der Waals surface area contributed by atoms with Gasteiger partial charge in [-0.15, -0.1) is 0 Å². The molecule has 1 N–H and O–H groups in total. The van der Waals surface area contributed by atoms with Crippen molar-refractivity contribution in [2.45, 2.75) is 6.92 Å². The molecule has 60 valence electrons. The van der Waals surface area contributed by atoms with E-state index >= 15 is 0 Å². The van der Waals surface area contributed by atoms with E-state index in [1.165, 1.54) is 6.08 Å². The Morgan fingerprint density at radius 1 is 1.64 bits per heavy atom. The van der Waals surface area contributed by atoms with Gasteiger partial charge in [-0.05, 0) is 0 Å². The summed E-state index contributed by atoms with van der Waals surface area (Å²) in [7, 11) is 0. The molecule has 0 aromatic carbocycles. The van der Waals surface area contributed by atoms with Gasteiger partial charge in [0, 0.05) is 6.92 Å². The summed E-state index contributed by atoms with van der Waals surface area (Å²) in [5, 5.41) is 6.87. The number of esters is 1. The van der Waals surface area contributed by atoms with Crippen LogP contribution in [0.2, 0.25) is 0 Å². The number of hydrogen-bond donors (Lipinski definition) is 1. The molecular weight excluding hydrogens is 146 g/mol. The van der Waals surface area contributed by atoms with Crippen LogP contribution in [0, 0.1) is 5.41 Å². The molecule has 0 radical (unpaired) electrons. The Morgan fingerprint density at radius 3 is 2.55 bits per heavy atom. The molecule has 0 amide bonds. The third-order valence-electron chi connectivity index (χ3n) is 0.888. The Balaban J connectivity index is 3.94. The van der Waals surface area contributed by atoms with Gasteiger partial charge in [0.25, 0.3) is 0 Å². The second-order valence-corrected chi connectivity index (χ2v) is 1.82. The van der Waals surface area contributed by atoms with E-state index in [4.69, 9.17) is 5.41 Å². The van der Waals surface area contributed by atoms with Crippen molar-refractivity contribution in [3.05, 3.63) is 12.7 Å². The summed E-state index contributed by atoms with van der Waals surface area (Å²) in [5.74, 6) is -1.50. The smallest absolute Gasteiger partial charge is 0.360 e. The molecule has 0 saturated heterocycles. The predicted molar refractivity (Wildman–Crippen MR) is 39.6 cm³/mol. The molecule has 0 bridgehead atoms. The topological polar surface area (TPSA) is 67.2 Å². The maximum atomic E-state index is 10.6. The summed E-state index contributed by atoms with van der Waals surface area (Å²) >= 11 is 0. The summed E-state index contributed by atoms with van der Waals surface area (Å²) in [6.07, 6.45) is 1.37. The second-order valence-electron chi connectivity index (χ2n) is 1.82. The zero-order valence-electron chi connectivity index (χ0n) is 6.22. The van der Waals surface area contributed by atoms with Crippen LogP contribution in [0.15, 0.2) is 12.7 Å². The first-order valence-electron chi connectivity index (χ1n) is 2.97. The summed E-state index contributed by atoms with van der Waals surface area (Å²) in [6.45, 7) is 4.46. The number of nitrogens with one attached hydrogen (secondary N) is 1. The van der Waals surface area contributed by atoms with E-state index in [1.54, 1.807) is 0 Å². The van der Waals surface area contributed by atoms with Crippen molar-refractivity contribution in [1.82, 2.24) is 0 Å². The normalized spacial score (nSPS) is 8.45. The van der Waals surface area contributed by atoms with Crippen molar-refractivity contribution in [2.75, 3.05) is 6.61 Å². The molecule has 0 atom stereocenters. The van der Waals surface area contributed by atoms with Gasteiger partial charge in [0.1, 0.15) is 6.61 Å². The highest BCUT2D eigenvalue weighted by molar-refractivity contribution is 6.62. The summed E-state index contributed by atoms with van der Waals surface area (Å²) in [5.41, 5.74) is -0.633. The van der Waals surface area contributed by atoms with Crippen molar-refractivity contribution in [2.24, 2.45) is 0 Å². The zero-order valence-corrected chi connectivity index (χ0v) is 6.22. The Kier molecular flexibility index (Phi) is 3.80. The van der Waals surface area contributed by atoms with Crippen LogP contribution in [0.4, 0.5) is 0 Å². The molecule has 0 aliphatic heterocycles. The Labute approximate surface area is 64.4 Å². The van der Waals surface area contributed by atoms with Gasteiger partial charge in [-0.3, -0.25) is 10.2 Å². The number of carbonyl (C=O) groups excluding carboxylic acids is 2. The van der Waals surface area contributed by atoms with Gasteiger partial charge >= 0.3 is 5.97 Å². The number of ether oxygens (including phenoxy) is 1. The average Bonchev–Trinajstić information content (AvgIpc) is 1.98. The molecule has 0 unspecified atom stereocenters. The third kappa shape index (κ3) is 3.30. The molecule has 4 nitrogen and oxygen atoms in total. The lowest BCUT2D eigenvalue weighted by atomic mass is 10.3. The van der Waals surface area contributed by atoms with Crippen LogP contribution in [-0.2, 0) is 14.3 Å². The van der Waals surface area contributed by atoms with Crippen LogP contribution < -0.4 is 0 Å². The first-order valence-corrected chi connectivity index (χ1v) is 2.97. The molecule has 0 rings (SSSR count). The highest BCUT2D eigenvalue weighted by Crippen LogP contribution is 1.84. The maximum absolute atomic E-state index is 10.6. The van der Waals surface area contributed by atoms with Crippen molar-refractivity contribution >= 4 is 17.5 Å². The minimum absolute atomic E-state index is 0.0223. The van der Waals surface area contributed by atoms with Crippen molar-refractivity contribution in [3.63, 3.8) is 0 Å². The van der Waals surface area contributed by atoms with Crippen molar-refractivity contribution < 1.29 is 14.3 Å². The molecule has 0 aliphatic carbocycles. The molecule has 0 spiro atoms. The Hall–Kier alpha value is -1.45. The largest absolute Gasteiger partial charge is 0.457 e. The van der Waals surface area contributed by atoms with Crippen molar-refractivity contribution in [1.29, 1.82) is 5.41 Å². The van der Waals surface area contributed by atoms with Crippen LogP contribution in [0.25, 0.3) is 0 Å². The summed E-state index contributed by atoms with van der Waals surface area (Å²) < 4.78 is 4.41. The Morgan fingerprint density at radius 2 is 2.18 bits per heavy atom. The van der Waals surface area contributed by atoms with E-state index in [-0.39, 0.29) is 6.61 Å². The number of Topliss-reactive ketones (excluding diaryl/α,β-unsaturated/α-hetero) is 1. The summed E-state index contributed by atoms with van der Waals surface area (Å²) in [4.78, 5) is 21.0. The lowest BCUT2D eigenvalue weighted by Crippen LogP contribution is -2.23. The average molecular weight is 155 g/mol. The highest BCUT2D eigenvalue weighted by Gasteiger charge is 2.14. The van der Waals surface area contributed by atoms with E-state index < -0.39 is 17.5 Å². The molecule has 4 heteroatoms. The second kappa shape index (κ2) is 4.38. The molecular formula is C7H9NO3. The van der Waals surface area contributed by atoms with E-state index in [2.05, 4.69) is 11.3 Å². The van der Waals surface area contributed by atoms with Crippen LogP contribution in [0.1, 0.15) is 6.92 Å². The van der Waals surface area contributed by atoms with Gasteiger partial charge in [-0.25, -0.2) is 4.79 Å². The Bertz CT molecular complexity index is 208. The van der Waals surface area contributed by atoms with Crippen LogP contribution in [-0.4, -0.2) is 24.1 Å². The molecule has 0 aromatic rings. The molecule has 0 saturated carbocycles. The van der Waals surface area contributed by atoms with Crippen molar-refractivity contribution in [3.8, 4) is 0 Å². The highest BCUT2D eigenvalue weighted by atomic mass is 16.5.